The van der Waals surface area contributed by atoms with Gasteiger partial charge in [0.15, 0.2) is 5.65 Å². The number of nitrogens with one attached hydrogen (secondary N) is 1. The normalized spacial score (nSPS) is 10.9. The van der Waals surface area contributed by atoms with Crippen LogP contribution in [0.15, 0.2) is 54.0 Å². The number of fused-ring (bicyclic) bond motifs is 1. The largest absolute Gasteiger partial charge is 0.322 e. The first-order valence-corrected chi connectivity index (χ1v) is 9.41. The maximum absolute atomic E-state index is 13.0. The molecule has 0 atom stereocenters. The molecule has 3 heterocycles. The van der Waals surface area contributed by atoms with Crippen molar-refractivity contribution in [3.05, 3.63) is 69.7 Å². The van der Waals surface area contributed by atoms with Crippen LogP contribution in [0.3, 0.4) is 0 Å². The van der Waals surface area contributed by atoms with E-state index in [1.807, 2.05) is 24.4 Å². The van der Waals surface area contributed by atoms with E-state index in [4.69, 9.17) is 0 Å². The lowest BCUT2D eigenvalue weighted by Gasteiger charge is -2.08. The molecule has 9 heteroatoms. The molecule has 1 aromatic carbocycles. The van der Waals surface area contributed by atoms with E-state index < -0.39 is 4.92 Å². The first-order chi connectivity index (χ1) is 13.6. The molecule has 8 nitrogen and oxygen atoms in total. The van der Waals surface area contributed by atoms with Crippen molar-refractivity contribution in [1.82, 2.24) is 14.8 Å². The van der Waals surface area contributed by atoms with Crippen molar-refractivity contribution >= 4 is 39.7 Å². The molecule has 0 saturated heterocycles. The highest BCUT2D eigenvalue weighted by Crippen LogP contribution is 2.28. The molecule has 0 fully saturated rings. The summed E-state index contributed by atoms with van der Waals surface area (Å²) in [6.45, 7) is 2.57. The Morgan fingerprint density at radius 2 is 2.14 bits per heavy atom. The summed E-state index contributed by atoms with van der Waals surface area (Å²) >= 11 is 1.53. The first-order valence-electron chi connectivity index (χ1n) is 8.53. The second kappa shape index (κ2) is 7.20. The van der Waals surface area contributed by atoms with Crippen LogP contribution in [0.4, 0.5) is 11.4 Å². The summed E-state index contributed by atoms with van der Waals surface area (Å²) in [6, 6.07) is 11.4. The third-order valence-corrected chi connectivity index (χ3v) is 5.13. The van der Waals surface area contributed by atoms with Crippen molar-refractivity contribution in [3.63, 3.8) is 0 Å². The van der Waals surface area contributed by atoms with Crippen molar-refractivity contribution in [3.8, 4) is 10.6 Å². The molecule has 1 amide bonds. The van der Waals surface area contributed by atoms with Gasteiger partial charge in [-0.1, -0.05) is 12.1 Å². The molecule has 0 spiro atoms. The number of carbonyl (C=O) groups excluding carboxylic acids is 1. The second-order valence-electron chi connectivity index (χ2n) is 5.99. The Hall–Kier alpha value is -3.59. The number of nitro benzene ring substituents is 1. The lowest BCUT2D eigenvalue weighted by Crippen LogP contribution is -2.13. The number of aromatic nitrogens is 3. The Morgan fingerprint density at radius 1 is 1.29 bits per heavy atom. The van der Waals surface area contributed by atoms with Crippen LogP contribution in [0, 0.1) is 10.1 Å². The van der Waals surface area contributed by atoms with Crippen LogP contribution in [0.2, 0.25) is 0 Å². The number of carbonyl (C=O) groups is 1. The zero-order chi connectivity index (χ0) is 19.7. The van der Waals surface area contributed by atoms with Crippen LogP contribution in [0.1, 0.15) is 17.3 Å². The standard InChI is InChI=1S/C19H15N5O3S/c1-2-23-18-15(11-20-23)14(10-16(22-18)17-7-4-8-28-17)19(25)21-12-5-3-6-13(9-12)24(26)27/h3-11H,2H2,1H3,(H,21,25). The third kappa shape index (κ3) is 3.23. The van der Waals surface area contributed by atoms with Crippen molar-refractivity contribution in [2.45, 2.75) is 13.5 Å². The van der Waals surface area contributed by atoms with Gasteiger partial charge in [0.1, 0.15) is 0 Å². The Morgan fingerprint density at radius 3 is 2.86 bits per heavy atom. The highest BCUT2D eigenvalue weighted by molar-refractivity contribution is 7.13. The van der Waals surface area contributed by atoms with E-state index in [1.54, 1.807) is 23.0 Å². The van der Waals surface area contributed by atoms with Gasteiger partial charge in [0, 0.05) is 24.4 Å². The molecule has 0 saturated carbocycles. The summed E-state index contributed by atoms with van der Waals surface area (Å²) in [6.07, 6.45) is 1.62. The number of aryl methyl sites for hydroxylation is 1. The van der Waals surface area contributed by atoms with Crippen LogP contribution in [0.5, 0.6) is 0 Å². The van der Waals surface area contributed by atoms with E-state index >= 15 is 0 Å². The van der Waals surface area contributed by atoms with Crippen LogP contribution in [-0.4, -0.2) is 25.6 Å². The summed E-state index contributed by atoms with van der Waals surface area (Å²) in [5, 5.41) is 20.6. The van der Waals surface area contributed by atoms with Crippen LogP contribution < -0.4 is 5.32 Å². The zero-order valence-electron chi connectivity index (χ0n) is 14.8. The molecule has 0 aliphatic heterocycles. The number of hydrogen-bond acceptors (Lipinski definition) is 6. The highest BCUT2D eigenvalue weighted by atomic mass is 32.1. The Labute approximate surface area is 163 Å². The van der Waals surface area contributed by atoms with Gasteiger partial charge in [0.05, 0.1) is 32.6 Å². The van der Waals surface area contributed by atoms with Crippen LogP contribution in [-0.2, 0) is 6.54 Å². The number of thiophene rings is 1. The van der Waals surface area contributed by atoms with E-state index in [9.17, 15) is 14.9 Å². The summed E-state index contributed by atoms with van der Waals surface area (Å²) in [4.78, 5) is 29.1. The Balaban J connectivity index is 1.78. The van der Waals surface area contributed by atoms with E-state index in [-0.39, 0.29) is 11.6 Å². The van der Waals surface area contributed by atoms with E-state index in [0.717, 1.165) is 4.88 Å². The number of rotatable bonds is 5. The van der Waals surface area contributed by atoms with Crippen molar-refractivity contribution in [2.75, 3.05) is 5.32 Å². The molecule has 0 bridgehead atoms. The average Bonchev–Trinajstić information content (AvgIpc) is 3.37. The Kier molecular flexibility index (Phi) is 4.58. The van der Waals surface area contributed by atoms with Gasteiger partial charge in [-0.15, -0.1) is 11.3 Å². The van der Waals surface area contributed by atoms with Crippen molar-refractivity contribution in [2.24, 2.45) is 0 Å². The molecule has 0 aliphatic rings. The molecule has 3 aromatic heterocycles. The summed E-state index contributed by atoms with van der Waals surface area (Å²) in [5.41, 5.74) is 1.99. The first kappa shape index (κ1) is 17.8. The molecule has 0 aliphatic carbocycles. The molecule has 140 valence electrons. The topological polar surface area (TPSA) is 103 Å². The number of anilines is 1. The van der Waals surface area contributed by atoms with Crippen molar-refractivity contribution in [1.29, 1.82) is 0 Å². The minimum absolute atomic E-state index is 0.0873. The van der Waals surface area contributed by atoms with Gasteiger partial charge in [0.25, 0.3) is 11.6 Å². The molecule has 1 N–H and O–H groups in total. The van der Waals surface area contributed by atoms with Gasteiger partial charge < -0.3 is 5.32 Å². The predicted octanol–water partition coefficient (Wildman–Crippen LogP) is 4.34. The fraction of sp³-hybridized carbons (Fsp3) is 0.105. The average molecular weight is 393 g/mol. The zero-order valence-corrected chi connectivity index (χ0v) is 15.6. The smallest absolute Gasteiger partial charge is 0.271 e. The number of nitrogens with zero attached hydrogens (tertiary/aromatic N) is 4. The monoisotopic (exact) mass is 393 g/mol. The number of pyridine rings is 1. The van der Waals surface area contributed by atoms with Gasteiger partial charge in [-0.05, 0) is 30.5 Å². The quantitative estimate of drug-likeness (QED) is 0.401. The molecule has 4 rings (SSSR count). The molecule has 0 radical (unpaired) electrons. The maximum Gasteiger partial charge on any atom is 0.271 e. The number of benzene rings is 1. The number of hydrogen-bond donors (Lipinski definition) is 1. The Bertz CT molecular complexity index is 1180. The van der Waals surface area contributed by atoms with Gasteiger partial charge in [-0.25, -0.2) is 9.67 Å². The third-order valence-electron chi connectivity index (χ3n) is 4.24. The molecule has 28 heavy (non-hydrogen) atoms. The van der Waals surface area contributed by atoms with Gasteiger partial charge in [-0.3, -0.25) is 14.9 Å². The molecule has 0 unspecified atom stereocenters. The highest BCUT2D eigenvalue weighted by Gasteiger charge is 2.18. The van der Waals surface area contributed by atoms with E-state index in [0.29, 0.717) is 34.5 Å². The van der Waals surface area contributed by atoms with Crippen molar-refractivity contribution < 1.29 is 9.72 Å². The lowest BCUT2D eigenvalue weighted by atomic mass is 10.1. The van der Waals surface area contributed by atoms with Gasteiger partial charge in [0.2, 0.25) is 0 Å². The number of amides is 1. The fourth-order valence-electron chi connectivity index (χ4n) is 2.91. The summed E-state index contributed by atoms with van der Waals surface area (Å²) < 4.78 is 1.73. The summed E-state index contributed by atoms with van der Waals surface area (Å²) in [5.74, 6) is -0.374. The molecule has 4 aromatic rings. The second-order valence-corrected chi connectivity index (χ2v) is 6.94. The van der Waals surface area contributed by atoms with Crippen LogP contribution >= 0.6 is 11.3 Å². The maximum atomic E-state index is 13.0. The molecular weight excluding hydrogens is 378 g/mol. The minimum Gasteiger partial charge on any atom is -0.322 e. The van der Waals surface area contributed by atoms with Gasteiger partial charge >= 0.3 is 0 Å². The fourth-order valence-corrected chi connectivity index (χ4v) is 3.60. The van der Waals surface area contributed by atoms with E-state index in [2.05, 4.69) is 15.4 Å². The molecular formula is C19H15N5O3S. The van der Waals surface area contributed by atoms with Gasteiger partial charge in [-0.2, -0.15) is 5.10 Å². The number of non-ortho nitro benzene ring substituents is 1. The van der Waals surface area contributed by atoms with E-state index in [1.165, 1.54) is 29.5 Å². The predicted molar refractivity (Wildman–Crippen MR) is 108 cm³/mol. The minimum atomic E-state index is -0.500. The van der Waals surface area contributed by atoms with Crippen LogP contribution in [0.25, 0.3) is 21.6 Å². The SMILES string of the molecule is CCn1ncc2c(C(=O)Nc3cccc([N+](=O)[O-])c3)cc(-c3cccs3)nc21. The number of nitro groups is 1. The summed E-state index contributed by atoms with van der Waals surface area (Å²) in [7, 11) is 0. The lowest BCUT2D eigenvalue weighted by molar-refractivity contribution is -0.384.